The third-order valence-corrected chi connectivity index (χ3v) is 6.45. The Morgan fingerprint density at radius 1 is 0.590 bits per heavy atom. The van der Waals surface area contributed by atoms with Gasteiger partial charge in [-0.1, -0.05) is 102 Å². The van der Waals surface area contributed by atoms with Crippen LogP contribution in [0.3, 0.4) is 0 Å². The average molecular weight is 589 g/mol. The fourth-order valence-corrected chi connectivity index (χ4v) is 4.49. The second-order valence-corrected chi connectivity index (χ2v) is 10.4. The number of phenolic OH excluding ortho intramolecular Hbond substituents is 2. The molecule has 0 atom stereocenters. The van der Waals surface area contributed by atoms with Crippen LogP contribution < -0.4 is 103 Å². The van der Waals surface area contributed by atoms with Crippen molar-refractivity contribution in [3.63, 3.8) is 0 Å². The fraction of sp³-hybridized carbons (Fsp3) is 0.586. The quantitative estimate of drug-likeness (QED) is 0.120. The van der Waals surface area contributed by atoms with Gasteiger partial charge in [-0.05, 0) is 48.9 Å². The van der Waals surface area contributed by atoms with Gasteiger partial charge < -0.3 is 29.5 Å². The van der Waals surface area contributed by atoms with E-state index in [-0.39, 0.29) is 88.7 Å². The van der Waals surface area contributed by atoms with Crippen LogP contribution >= 0.6 is 7.82 Å². The molecule has 0 saturated carbocycles. The minimum absolute atomic E-state index is 0. The van der Waals surface area contributed by atoms with Crippen molar-refractivity contribution < 1.29 is 118 Å². The van der Waals surface area contributed by atoms with E-state index in [1.165, 1.54) is 75.3 Å². The molecule has 0 spiro atoms. The molecule has 2 aromatic carbocycles. The number of unbranched alkanes of at least 4 members (excludes halogenated alkanes) is 10. The minimum Gasteiger partial charge on any atom is -0.822 e. The molecule has 0 aliphatic rings. The summed E-state index contributed by atoms with van der Waals surface area (Å²) in [4.78, 5) is 25.6. The van der Waals surface area contributed by atoms with Crippen molar-refractivity contribution in [2.75, 3.05) is 0 Å². The second kappa shape index (κ2) is 26.8. The molecule has 6 nitrogen and oxygen atoms in total. The molecule has 0 aliphatic heterocycles. The molecule has 2 rings (SSSR count). The number of hydrogen-bond donors (Lipinski definition) is 2. The summed E-state index contributed by atoms with van der Waals surface area (Å²) in [6.45, 7) is 4.50. The maximum atomic E-state index is 10.6. The molecule has 0 aromatic heterocycles. The Morgan fingerprint density at radius 2 is 0.897 bits per heavy atom. The first-order valence-electron chi connectivity index (χ1n) is 13.5. The van der Waals surface area contributed by atoms with Gasteiger partial charge in [-0.3, -0.25) is 0 Å². The van der Waals surface area contributed by atoms with Crippen molar-refractivity contribution in [2.45, 2.75) is 110 Å². The molecule has 0 aliphatic carbocycles. The minimum atomic E-state index is -5.39. The molecule has 39 heavy (non-hydrogen) atoms. The Labute approximate surface area is 302 Å². The van der Waals surface area contributed by atoms with E-state index in [1.54, 1.807) is 12.1 Å². The maximum absolute atomic E-state index is 10.6. The standard InChI is InChI=1S/C29H44O2.3Na.H3O4P/c1-3-5-7-9-11-13-17-24-19-15-21-28(30)26(24)23-27-25(20-16-22-29(27)31)18-14-12-10-8-6-4-2;;;;1-5(2,3)4/h15-16,19-22,30-31H,3-14,17-18,23H2,1-2H3;;;;(H3,1,2,3,4)/q;3*+1;/p-3. The molecule has 0 fully saturated rings. The van der Waals surface area contributed by atoms with Gasteiger partial charge in [0.25, 0.3) is 0 Å². The molecule has 0 unspecified atom stereocenters. The number of phenols is 2. The third kappa shape index (κ3) is 22.4. The third-order valence-electron chi connectivity index (χ3n) is 6.45. The van der Waals surface area contributed by atoms with Crippen molar-refractivity contribution >= 4 is 7.82 Å². The topological polar surface area (TPSA) is 127 Å². The molecular formula is C29H44Na3O6P. The van der Waals surface area contributed by atoms with E-state index in [1.807, 2.05) is 12.1 Å². The van der Waals surface area contributed by atoms with Gasteiger partial charge in [0, 0.05) is 17.5 Å². The molecule has 2 N–H and O–H groups in total. The predicted octanol–water partition coefficient (Wildman–Crippen LogP) is -3.32. The molecule has 0 radical (unpaired) electrons. The van der Waals surface area contributed by atoms with Gasteiger partial charge in [-0.2, -0.15) is 7.82 Å². The molecule has 204 valence electrons. The van der Waals surface area contributed by atoms with Gasteiger partial charge in [0.2, 0.25) is 0 Å². The first kappa shape index (κ1) is 44.6. The summed E-state index contributed by atoms with van der Waals surface area (Å²) in [6.07, 6.45) is 17.8. The summed E-state index contributed by atoms with van der Waals surface area (Å²) >= 11 is 0. The molecule has 0 heterocycles. The van der Waals surface area contributed by atoms with Crippen LogP contribution in [0.5, 0.6) is 11.5 Å². The normalized spacial score (nSPS) is 10.4. The van der Waals surface area contributed by atoms with Crippen LogP contribution in [0.15, 0.2) is 36.4 Å². The molecule has 0 saturated heterocycles. The van der Waals surface area contributed by atoms with E-state index in [4.69, 9.17) is 19.2 Å². The number of benzene rings is 2. The summed E-state index contributed by atoms with van der Waals surface area (Å²) in [5, 5.41) is 21.2. The number of hydrogen-bond acceptors (Lipinski definition) is 6. The number of phosphoric acid groups is 1. The Bertz CT molecular complexity index is 852. The summed E-state index contributed by atoms with van der Waals surface area (Å²) in [7, 11) is -5.39. The SMILES string of the molecule is CCCCCCCCc1cccc(O)c1Cc1c(O)cccc1CCCCCCCC.O=P([O-])([O-])[O-].[Na+].[Na+].[Na+]. The zero-order chi connectivity index (χ0) is 26.8. The number of aromatic hydroxyl groups is 2. The van der Waals surface area contributed by atoms with E-state index >= 15 is 0 Å². The van der Waals surface area contributed by atoms with Gasteiger partial charge in [0.1, 0.15) is 11.5 Å². The smallest absolute Gasteiger partial charge is 0.822 e. The van der Waals surface area contributed by atoms with Crippen molar-refractivity contribution in [1.82, 2.24) is 0 Å². The van der Waals surface area contributed by atoms with E-state index in [0.717, 1.165) is 36.8 Å². The Balaban J connectivity index is -0.00000148. The van der Waals surface area contributed by atoms with E-state index in [2.05, 4.69) is 26.0 Å². The van der Waals surface area contributed by atoms with Gasteiger partial charge in [-0.15, -0.1) is 0 Å². The van der Waals surface area contributed by atoms with Crippen LogP contribution in [0.25, 0.3) is 0 Å². The van der Waals surface area contributed by atoms with Gasteiger partial charge in [0.15, 0.2) is 0 Å². The Kier molecular flexibility index (Phi) is 30.6. The van der Waals surface area contributed by atoms with Crippen LogP contribution in [0.1, 0.15) is 113 Å². The molecular weight excluding hydrogens is 544 g/mol. The predicted molar refractivity (Wildman–Crippen MR) is 141 cm³/mol. The van der Waals surface area contributed by atoms with Crippen molar-refractivity contribution in [2.24, 2.45) is 0 Å². The van der Waals surface area contributed by atoms with E-state index < -0.39 is 7.82 Å². The molecule has 2 aromatic rings. The zero-order valence-corrected chi connectivity index (χ0v) is 31.9. The Hall–Kier alpha value is 1.15. The molecule has 10 heteroatoms. The van der Waals surface area contributed by atoms with Crippen molar-refractivity contribution in [3.05, 3.63) is 58.7 Å². The van der Waals surface area contributed by atoms with Gasteiger partial charge in [0.05, 0.1) is 0 Å². The summed E-state index contributed by atoms with van der Waals surface area (Å²) in [6, 6.07) is 11.8. The van der Waals surface area contributed by atoms with Gasteiger partial charge in [-0.25, -0.2) is 0 Å². The maximum Gasteiger partial charge on any atom is 1.00 e. The molecule has 0 amide bonds. The number of aryl methyl sites for hydroxylation is 2. The van der Waals surface area contributed by atoms with Crippen molar-refractivity contribution in [1.29, 1.82) is 0 Å². The molecule has 0 bridgehead atoms. The number of rotatable bonds is 16. The van der Waals surface area contributed by atoms with Gasteiger partial charge >= 0.3 is 88.7 Å². The first-order chi connectivity index (χ1) is 17.2. The van der Waals surface area contributed by atoms with Crippen LogP contribution in [0.2, 0.25) is 0 Å². The van der Waals surface area contributed by atoms with E-state index in [0.29, 0.717) is 17.9 Å². The summed E-state index contributed by atoms with van der Waals surface area (Å²) in [5.41, 5.74) is 4.43. The Morgan fingerprint density at radius 3 is 1.23 bits per heavy atom. The monoisotopic (exact) mass is 588 g/mol. The first-order valence-corrected chi connectivity index (χ1v) is 15.0. The summed E-state index contributed by atoms with van der Waals surface area (Å²) in [5.74, 6) is 0.717. The zero-order valence-electron chi connectivity index (χ0n) is 25.0. The van der Waals surface area contributed by atoms with Crippen LogP contribution in [-0.2, 0) is 23.8 Å². The largest absolute Gasteiger partial charge is 1.00 e. The van der Waals surface area contributed by atoms with E-state index in [9.17, 15) is 10.2 Å². The summed E-state index contributed by atoms with van der Waals surface area (Å²) < 4.78 is 8.55. The average Bonchev–Trinajstić information content (AvgIpc) is 2.81. The van der Waals surface area contributed by atoms with Crippen LogP contribution in [0, 0.1) is 0 Å². The van der Waals surface area contributed by atoms with Crippen molar-refractivity contribution in [3.8, 4) is 11.5 Å². The van der Waals surface area contributed by atoms with Crippen LogP contribution in [-0.4, -0.2) is 10.2 Å². The second-order valence-electron chi connectivity index (χ2n) is 9.49. The fourth-order valence-electron chi connectivity index (χ4n) is 4.49. The van der Waals surface area contributed by atoms with Crippen LogP contribution in [0.4, 0.5) is 0 Å².